The van der Waals surface area contributed by atoms with Crippen LogP contribution in [0.3, 0.4) is 0 Å². The number of aromatic nitrogens is 1. The zero-order chi connectivity index (χ0) is 11.0. The van der Waals surface area contributed by atoms with Gasteiger partial charge >= 0.3 is 5.97 Å². The first-order valence-electron chi connectivity index (χ1n) is 4.56. The Morgan fingerprint density at radius 2 is 2.20 bits per heavy atom. The summed E-state index contributed by atoms with van der Waals surface area (Å²) in [7, 11) is 1.77. The van der Waals surface area contributed by atoms with E-state index in [4.69, 9.17) is 10.2 Å². The second-order valence-electron chi connectivity index (χ2n) is 3.43. The molecule has 2 rings (SSSR count). The Labute approximate surface area is 86.4 Å². The number of para-hydroxylation sites is 1. The number of nitrogens with zero attached hydrogens (tertiary/aromatic N) is 1. The largest absolute Gasteiger partial charge is 0.478 e. The Morgan fingerprint density at radius 1 is 1.47 bits per heavy atom. The van der Waals surface area contributed by atoms with Gasteiger partial charge in [0.2, 0.25) is 0 Å². The number of aliphatic hydroxyl groups is 1. The normalized spacial score (nSPS) is 10.8. The Morgan fingerprint density at radius 3 is 2.80 bits per heavy atom. The maximum Gasteiger partial charge on any atom is 0.337 e. The van der Waals surface area contributed by atoms with Crippen LogP contribution in [0.2, 0.25) is 0 Å². The average molecular weight is 205 g/mol. The molecule has 15 heavy (non-hydrogen) atoms. The Balaban J connectivity index is 2.86. The summed E-state index contributed by atoms with van der Waals surface area (Å²) in [5, 5.41) is 18.9. The molecular formula is C11H11NO3. The number of benzene rings is 1. The van der Waals surface area contributed by atoms with E-state index in [9.17, 15) is 4.79 Å². The molecule has 0 radical (unpaired) electrons. The first kappa shape index (κ1) is 9.73. The van der Waals surface area contributed by atoms with E-state index in [0.29, 0.717) is 5.52 Å². The van der Waals surface area contributed by atoms with Crippen molar-refractivity contribution in [1.29, 1.82) is 0 Å². The SMILES string of the molecule is Cn1cc(CO)c2cccc(C(=O)O)c21. The van der Waals surface area contributed by atoms with Crippen LogP contribution in [-0.2, 0) is 13.7 Å². The molecule has 4 heteroatoms. The molecule has 0 aliphatic heterocycles. The van der Waals surface area contributed by atoms with E-state index >= 15 is 0 Å². The van der Waals surface area contributed by atoms with Gasteiger partial charge in [0.25, 0.3) is 0 Å². The fourth-order valence-corrected chi connectivity index (χ4v) is 1.85. The Hall–Kier alpha value is -1.81. The van der Waals surface area contributed by atoms with E-state index in [1.165, 1.54) is 0 Å². The molecule has 0 atom stereocenters. The van der Waals surface area contributed by atoms with E-state index < -0.39 is 5.97 Å². The number of hydrogen-bond acceptors (Lipinski definition) is 2. The summed E-state index contributed by atoms with van der Waals surface area (Å²) in [6, 6.07) is 5.06. The van der Waals surface area contributed by atoms with Crippen molar-refractivity contribution >= 4 is 16.9 Å². The minimum atomic E-state index is -0.953. The van der Waals surface area contributed by atoms with Crippen molar-refractivity contribution in [2.24, 2.45) is 7.05 Å². The molecule has 0 aliphatic carbocycles. The van der Waals surface area contributed by atoms with E-state index in [-0.39, 0.29) is 12.2 Å². The van der Waals surface area contributed by atoms with Gasteiger partial charge in [0.1, 0.15) is 0 Å². The molecule has 1 heterocycles. The van der Waals surface area contributed by atoms with E-state index in [1.807, 2.05) is 6.07 Å². The first-order chi connectivity index (χ1) is 7.15. The van der Waals surface area contributed by atoms with Gasteiger partial charge in [-0.05, 0) is 6.07 Å². The lowest BCUT2D eigenvalue weighted by Crippen LogP contribution is -1.99. The van der Waals surface area contributed by atoms with Crippen LogP contribution in [0.15, 0.2) is 24.4 Å². The Bertz CT molecular complexity index is 528. The highest BCUT2D eigenvalue weighted by molar-refractivity contribution is 6.03. The molecule has 2 aromatic rings. The molecule has 4 nitrogen and oxygen atoms in total. The average Bonchev–Trinajstić information content (AvgIpc) is 2.55. The fourth-order valence-electron chi connectivity index (χ4n) is 1.85. The molecule has 0 bridgehead atoms. The molecule has 2 N–H and O–H groups in total. The molecule has 78 valence electrons. The number of rotatable bonds is 2. The molecule has 0 spiro atoms. The third-order valence-corrected chi connectivity index (χ3v) is 2.48. The van der Waals surface area contributed by atoms with Crippen LogP contribution in [0.1, 0.15) is 15.9 Å². The molecule has 0 saturated heterocycles. The van der Waals surface area contributed by atoms with Crippen molar-refractivity contribution in [2.45, 2.75) is 6.61 Å². The van der Waals surface area contributed by atoms with Crippen LogP contribution in [-0.4, -0.2) is 20.7 Å². The van der Waals surface area contributed by atoms with Crippen molar-refractivity contribution in [1.82, 2.24) is 4.57 Å². The Kier molecular flexibility index (Phi) is 2.21. The topological polar surface area (TPSA) is 62.5 Å². The summed E-state index contributed by atoms with van der Waals surface area (Å²) in [4.78, 5) is 11.0. The number of carboxylic acid groups (broad SMARTS) is 1. The molecule has 0 fully saturated rings. The van der Waals surface area contributed by atoms with Gasteiger partial charge in [-0.25, -0.2) is 4.79 Å². The molecule has 0 unspecified atom stereocenters. The third-order valence-electron chi connectivity index (χ3n) is 2.48. The highest BCUT2D eigenvalue weighted by Crippen LogP contribution is 2.24. The summed E-state index contributed by atoms with van der Waals surface area (Å²) < 4.78 is 1.73. The standard InChI is InChI=1S/C11H11NO3/c1-12-5-7(6-13)8-3-2-4-9(10(8)12)11(14)15/h2-5,13H,6H2,1H3,(H,14,15). The van der Waals surface area contributed by atoms with Gasteiger partial charge in [0.05, 0.1) is 17.7 Å². The van der Waals surface area contributed by atoms with Crippen molar-refractivity contribution in [3.05, 3.63) is 35.5 Å². The summed E-state index contributed by atoms with van der Waals surface area (Å²) in [5.74, 6) is -0.953. The number of hydrogen-bond donors (Lipinski definition) is 2. The van der Waals surface area contributed by atoms with Gasteiger partial charge in [-0.2, -0.15) is 0 Å². The number of carboxylic acids is 1. The predicted molar refractivity (Wildman–Crippen MR) is 55.8 cm³/mol. The van der Waals surface area contributed by atoms with Crippen LogP contribution in [0.25, 0.3) is 10.9 Å². The van der Waals surface area contributed by atoms with Crippen molar-refractivity contribution < 1.29 is 15.0 Å². The van der Waals surface area contributed by atoms with Crippen LogP contribution in [0, 0.1) is 0 Å². The maximum absolute atomic E-state index is 11.0. The lowest BCUT2D eigenvalue weighted by Gasteiger charge is -2.00. The van der Waals surface area contributed by atoms with Crippen molar-refractivity contribution in [2.75, 3.05) is 0 Å². The summed E-state index contributed by atoms with van der Waals surface area (Å²) in [6.45, 7) is -0.0829. The highest BCUT2D eigenvalue weighted by atomic mass is 16.4. The summed E-state index contributed by atoms with van der Waals surface area (Å²) in [5.41, 5.74) is 1.65. The highest BCUT2D eigenvalue weighted by Gasteiger charge is 2.13. The lowest BCUT2D eigenvalue weighted by atomic mass is 10.1. The van der Waals surface area contributed by atoms with Crippen LogP contribution in [0.4, 0.5) is 0 Å². The van der Waals surface area contributed by atoms with Gasteiger partial charge in [-0.15, -0.1) is 0 Å². The van der Waals surface area contributed by atoms with E-state index in [2.05, 4.69) is 0 Å². The molecule has 0 amide bonds. The first-order valence-corrected chi connectivity index (χ1v) is 4.56. The van der Waals surface area contributed by atoms with Crippen LogP contribution in [0.5, 0.6) is 0 Å². The van der Waals surface area contributed by atoms with E-state index in [1.54, 1.807) is 29.9 Å². The number of carbonyl (C=O) groups is 1. The molecule has 0 aliphatic rings. The van der Waals surface area contributed by atoms with Gasteiger partial charge in [0, 0.05) is 24.2 Å². The van der Waals surface area contributed by atoms with Gasteiger partial charge < -0.3 is 14.8 Å². The van der Waals surface area contributed by atoms with E-state index in [0.717, 1.165) is 10.9 Å². The number of aryl methyl sites for hydroxylation is 1. The number of aliphatic hydroxyl groups excluding tert-OH is 1. The number of fused-ring (bicyclic) bond motifs is 1. The zero-order valence-electron chi connectivity index (χ0n) is 8.27. The van der Waals surface area contributed by atoms with Crippen LogP contribution >= 0.6 is 0 Å². The maximum atomic E-state index is 11.0. The fraction of sp³-hybridized carbons (Fsp3) is 0.182. The monoisotopic (exact) mass is 205 g/mol. The minimum absolute atomic E-state index is 0.0829. The van der Waals surface area contributed by atoms with Crippen molar-refractivity contribution in [3.8, 4) is 0 Å². The van der Waals surface area contributed by atoms with Crippen LogP contribution < -0.4 is 0 Å². The smallest absolute Gasteiger partial charge is 0.337 e. The van der Waals surface area contributed by atoms with Gasteiger partial charge in [0.15, 0.2) is 0 Å². The quantitative estimate of drug-likeness (QED) is 0.778. The third kappa shape index (κ3) is 1.39. The lowest BCUT2D eigenvalue weighted by molar-refractivity contribution is 0.0698. The second kappa shape index (κ2) is 3.40. The summed E-state index contributed by atoms with van der Waals surface area (Å²) >= 11 is 0. The molecule has 0 saturated carbocycles. The van der Waals surface area contributed by atoms with Gasteiger partial charge in [-0.3, -0.25) is 0 Å². The molecule has 1 aromatic carbocycles. The van der Waals surface area contributed by atoms with Crippen molar-refractivity contribution in [3.63, 3.8) is 0 Å². The van der Waals surface area contributed by atoms with Gasteiger partial charge in [-0.1, -0.05) is 12.1 Å². The zero-order valence-corrected chi connectivity index (χ0v) is 8.27. The minimum Gasteiger partial charge on any atom is -0.478 e. The number of aromatic carboxylic acids is 1. The summed E-state index contributed by atoms with van der Waals surface area (Å²) in [6.07, 6.45) is 1.75. The molecule has 1 aromatic heterocycles. The predicted octanol–water partition coefficient (Wildman–Crippen LogP) is 1.37. The molecular weight excluding hydrogens is 194 g/mol. The second-order valence-corrected chi connectivity index (χ2v) is 3.43.